The van der Waals surface area contributed by atoms with Crippen molar-refractivity contribution in [1.82, 2.24) is 20.0 Å². The molecule has 0 atom stereocenters. The number of piperazine rings is 1. The topological polar surface area (TPSA) is 48.1 Å². The molecule has 2 rings (SSSR count). The molecule has 0 radical (unpaired) electrons. The highest BCUT2D eigenvalue weighted by molar-refractivity contribution is 5.68. The van der Waals surface area contributed by atoms with Crippen LogP contribution in [0.15, 0.2) is 0 Å². The lowest BCUT2D eigenvalue weighted by molar-refractivity contribution is 0.0569. The van der Waals surface area contributed by atoms with Gasteiger partial charge in [-0.3, -0.25) is 4.90 Å². The van der Waals surface area contributed by atoms with Gasteiger partial charge in [0.05, 0.1) is 11.6 Å². The summed E-state index contributed by atoms with van der Waals surface area (Å²) >= 11 is 0. The summed E-state index contributed by atoms with van der Waals surface area (Å²) in [5, 5.41) is 3.21. The van der Waals surface area contributed by atoms with E-state index in [9.17, 15) is 4.79 Å². The van der Waals surface area contributed by atoms with Crippen LogP contribution in [0.1, 0.15) is 47.5 Å². The maximum absolute atomic E-state index is 12.2. The summed E-state index contributed by atoms with van der Waals surface area (Å²) in [4.78, 5) is 19.5. The molecule has 0 unspecified atom stereocenters. The quantitative estimate of drug-likeness (QED) is 0.819. The van der Waals surface area contributed by atoms with Gasteiger partial charge >= 0.3 is 6.09 Å². The number of ether oxygens (including phenoxy) is 1. The Labute approximate surface area is 154 Å². The molecule has 6 heteroatoms. The van der Waals surface area contributed by atoms with Crippen molar-refractivity contribution in [1.29, 1.82) is 0 Å². The zero-order chi connectivity index (χ0) is 18.9. The zero-order valence-electron chi connectivity index (χ0n) is 17.3. The van der Waals surface area contributed by atoms with Crippen LogP contribution in [0.4, 0.5) is 4.79 Å². The third-order valence-electron chi connectivity index (χ3n) is 5.09. The average Bonchev–Trinajstić information content (AvgIpc) is 2.59. The molecule has 0 saturated carbocycles. The maximum Gasteiger partial charge on any atom is 0.407 e. The van der Waals surface area contributed by atoms with Crippen LogP contribution in [-0.4, -0.2) is 91.8 Å². The number of nitrogens with zero attached hydrogens (tertiary/aromatic N) is 3. The fourth-order valence-corrected chi connectivity index (χ4v) is 3.52. The number of rotatable bonds is 5. The second-order valence-corrected chi connectivity index (χ2v) is 7.37. The van der Waals surface area contributed by atoms with Gasteiger partial charge in [0.2, 0.25) is 0 Å². The Morgan fingerprint density at radius 2 is 1.56 bits per heavy atom. The molecule has 0 aromatic rings. The molecule has 6 nitrogen and oxygen atoms in total. The van der Waals surface area contributed by atoms with Gasteiger partial charge in [0.15, 0.2) is 0 Å². The largest absolute Gasteiger partial charge is 0.447 e. The van der Waals surface area contributed by atoms with Crippen LogP contribution in [0.3, 0.4) is 0 Å². The van der Waals surface area contributed by atoms with Crippen molar-refractivity contribution in [3.05, 3.63) is 0 Å². The van der Waals surface area contributed by atoms with E-state index in [4.69, 9.17) is 4.74 Å². The van der Waals surface area contributed by atoms with Crippen molar-refractivity contribution in [3.63, 3.8) is 0 Å². The Morgan fingerprint density at radius 3 is 2.04 bits per heavy atom. The predicted molar refractivity (Wildman–Crippen MR) is 104 cm³/mol. The van der Waals surface area contributed by atoms with Crippen molar-refractivity contribution in [2.45, 2.75) is 59.1 Å². The van der Waals surface area contributed by atoms with Crippen molar-refractivity contribution in [3.8, 4) is 0 Å². The molecule has 0 aliphatic carbocycles. The van der Waals surface area contributed by atoms with Gasteiger partial charge in [0, 0.05) is 45.8 Å². The van der Waals surface area contributed by atoms with E-state index in [0.29, 0.717) is 0 Å². The van der Waals surface area contributed by atoms with Crippen LogP contribution in [0.5, 0.6) is 0 Å². The third-order valence-corrected chi connectivity index (χ3v) is 5.09. The number of nitrogens with one attached hydrogen (secondary N) is 1. The highest BCUT2D eigenvalue weighted by atomic mass is 16.6. The second kappa shape index (κ2) is 11.0. The number of piperidine rings is 1. The fourth-order valence-electron chi connectivity index (χ4n) is 3.52. The Hall–Kier alpha value is -0.850. The van der Waals surface area contributed by atoms with Crippen LogP contribution in [-0.2, 0) is 4.74 Å². The number of carbonyl (C=O) groups excluding carboxylic acids is 1. The number of amides is 1. The van der Waals surface area contributed by atoms with E-state index in [1.807, 2.05) is 27.7 Å². The number of hydrogen-bond acceptors (Lipinski definition) is 5. The highest BCUT2D eigenvalue weighted by Crippen LogP contribution is 2.24. The van der Waals surface area contributed by atoms with Gasteiger partial charge < -0.3 is 19.9 Å². The smallest absolute Gasteiger partial charge is 0.407 e. The molecule has 2 fully saturated rings. The number of likely N-dealkylation sites (tertiary alicyclic amines) is 1. The molecular formula is C19H40N4O2. The first-order valence-corrected chi connectivity index (χ1v) is 10.0. The molecule has 0 aromatic carbocycles. The van der Waals surface area contributed by atoms with E-state index in [1.165, 1.54) is 0 Å². The number of hydrogen-bond donors (Lipinski definition) is 1. The van der Waals surface area contributed by atoms with Gasteiger partial charge in [-0.2, -0.15) is 0 Å². The standard InChI is InChI=1S/C17H34N4O2.C2H6/c1-5-20-10-12-21(13-11-20)14-17(6-8-19(4)9-7-17)18-16(22)23-15(2)3;1-2/h15H,5-14H2,1-4H3,(H,18,22);1-2H3. The lowest BCUT2D eigenvalue weighted by Gasteiger charge is -2.45. The lowest BCUT2D eigenvalue weighted by Crippen LogP contribution is -2.62. The van der Waals surface area contributed by atoms with Gasteiger partial charge in [0.25, 0.3) is 0 Å². The summed E-state index contributed by atoms with van der Waals surface area (Å²) in [6, 6.07) is 0. The summed E-state index contributed by atoms with van der Waals surface area (Å²) in [6.07, 6.45) is 1.64. The first-order valence-electron chi connectivity index (χ1n) is 10.0. The van der Waals surface area contributed by atoms with Crippen LogP contribution in [0.25, 0.3) is 0 Å². The fraction of sp³-hybridized carbons (Fsp3) is 0.947. The van der Waals surface area contributed by atoms with E-state index in [-0.39, 0.29) is 17.7 Å². The predicted octanol–water partition coefficient (Wildman–Crippen LogP) is 2.25. The number of alkyl carbamates (subject to hydrolysis) is 1. The third kappa shape index (κ3) is 7.50. The Morgan fingerprint density at radius 1 is 1.04 bits per heavy atom. The van der Waals surface area contributed by atoms with Gasteiger partial charge in [-0.1, -0.05) is 20.8 Å². The summed E-state index contributed by atoms with van der Waals surface area (Å²) in [5.74, 6) is 0. The summed E-state index contributed by atoms with van der Waals surface area (Å²) in [7, 11) is 2.15. The summed E-state index contributed by atoms with van der Waals surface area (Å²) in [5.41, 5.74) is -0.146. The number of likely N-dealkylation sites (N-methyl/N-ethyl adjacent to an activating group) is 1. The van der Waals surface area contributed by atoms with E-state index in [0.717, 1.165) is 65.2 Å². The molecule has 148 valence electrons. The molecule has 2 aliphatic rings. The van der Waals surface area contributed by atoms with Crippen molar-refractivity contribution < 1.29 is 9.53 Å². The van der Waals surface area contributed by atoms with Crippen molar-refractivity contribution in [2.75, 3.05) is 59.4 Å². The van der Waals surface area contributed by atoms with Gasteiger partial charge in [-0.15, -0.1) is 0 Å². The van der Waals surface area contributed by atoms with Crippen LogP contribution < -0.4 is 5.32 Å². The highest BCUT2D eigenvalue weighted by Gasteiger charge is 2.38. The molecule has 0 aromatic heterocycles. The van der Waals surface area contributed by atoms with Crippen molar-refractivity contribution >= 4 is 6.09 Å². The monoisotopic (exact) mass is 356 g/mol. The Bertz CT molecular complexity index is 374. The molecule has 1 amide bonds. The molecule has 2 heterocycles. The molecule has 0 spiro atoms. The first kappa shape index (κ1) is 22.2. The average molecular weight is 357 g/mol. The van der Waals surface area contributed by atoms with Gasteiger partial charge in [-0.05, 0) is 40.3 Å². The number of carbonyl (C=O) groups is 1. The van der Waals surface area contributed by atoms with E-state index < -0.39 is 0 Å². The van der Waals surface area contributed by atoms with Gasteiger partial charge in [0.1, 0.15) is 0 Å². The minimum atomic E-state index is -0.267. The Balaban J connectivity index is 0.00000151. The molecule has 2 saturated heterocycles. The summed E-state index contributed by atoms with van der Waals surface area (Å²) < 4.78 is 5.34. The van der Waals surface area contributed by atoms with E-state index in [2.05, 4.69) is 34.0 Å². The Kier molecular flexibility index (Phi) is 9.75. The van der Waals surface area contributed by atoms with Crippen LogP contribution in [0, 0.1) is 0 Å². The molecule has 1 N–H and O–H groups in total. The van der Waals surface area contributed by atoms with Crippen molar-refractivity contribution in [2.24, 2.45) is 0 Å². The molecular weight excluding hydrogens is 316 g/mol. The second-order valence-electron chi connectivity index (χ2n) is 7.37. The minimum Gasteiger partial charge on any atom is -0.447 e. The van der Waals surface area contributed by atoms with Crippen LogP contribution in [0.2, 0.25) is 0 Å². The van der Waals surface area contributed by atoms with E-state index >= 15 is 0 Å². The van der Waals surface area contributed by atoms with Crippen LogP contribution >= 0.6 is 0 Å². The zero-order valence-corrected chi connectivity index (χ0v) is 17.3. The molecule has 0 bridgehead atoms. The van der Waals surface area contributed by atoms with E-state index in [1.54, 1.807) is 0 Å². The summed E-state index contributed by atoms with van der Waals surface area (Å²) in [6.45, 7) is 18.6. The lowest BCUT2D eigenvalue weighted by atomic mass is 9.87. The molecule has 2 aliphatic heterocycles. The normalized spacial score (nSPS) is 22.2. The molecule has 25 heavy (non-hydrogen) atoms. The maximum atomic E-state index is 12.2. The SMILES string of the molecule is CC.CCN1CCN(CC2(NC(=O)OC(C)C)CCN(C)CC2)CC1. The minimum absolute atomic E-state index is 0.0774. The van der Waals surface area contributed by atoms with Gasteiger partial charge in [-0.25, -0.2) is 4.79 Å². The first-order chi connectivity index (χ1) is 11.9.